The first-order valence-electron chi connectivity index (χ1n) is 5.83. The summed E-state index contributed by atoms with van der Waals surface area (Å²) in [5.74, 6) is 0.365. The van der Waals surface area contributed by atoms with E-state index in [1.807, 2.05) is 24.3 Å². The van der Waals surface area contributed by atoms with E-state index in [0.717, 1.165) is 10.9 Å². The molecule has 0 spiro atoms. The van der Waals surface area contributed by atoms with E-state index in [4.69, 9.17) is 10.7 Å². The van der Waals surface area contributed by atoms with Gasteiger partial charge in [0.2, 0.25) is 0 Å². The van der Waals surface area contributed by atoms with Gasteiger partial charge in [-0.2, -0.15) is 5.10 Å². The number of hydrogen-bond donors (Lipinski definition) is 1. The van der Waals surface area contributed by atoms with Gasteiger partial charge in [-0.05, 0) is 13.0 Å². The lowest BCUT2D eigenvalue weighted by Gasteiger charge is -2.03. The van der Waals surface area contributed by atoms with Crippen molar-refractivity contribution < 1.29 is 8.42 Å². The molecule has 2 heterocycles. The first-order chi connectivity index (χ1) is 9.52. The Labute approximate surface area is 119 Å². The zero-order chi connectivity index (χ0) is 14.3. The highest BCUT2D eigenvalue weighted by Gasteiger charge is 2.24. The molecule has 20 heavy (non-hydrogen) atoms. The van der Waals surface area contributed by atoms with Crippen LogP contribution in [0.5, 0.6) is 0 Å². The number of aromatic nitrogens is 5. The Morgan fingerprint density at radius 1 is 1.30 bits per heavy atom. The number of H-pyrrole nitrogens is 1. The van der Waals surface area contributed by atoms with Crippen molar-refractivity contribution in [3.05, 3.63) is 24.3 Å². The molecule has 0 fully saturated rings. The van der Waals surface area contributed by atoms with E-state index in [0.29, 0.717) is 18.1 Å². The van der Waals surface area contributed by atoms with Gasteiger partial charge in [0.25, 0.3) is 14.2 Å². The van der Waals surface area contributed by atoms with E-state index >= 15 is 0 Å². The largest absolute Gasteiger partial charge is 0.296 e. The average Bonchev–Trinajstić information content (AvgIpc) is 3.00. The van der Waals surface area contributed by atoms with Crippen molar-refractivity contribution in [1.82, 2.24) is 25.0 Å². The molecule has 0 aliphatic heterocycles. The monoisotopic (exact) mass is 311 g/mol. The average molecular weight is 312 g/mol. The normalized spacial score (nSPS) is 12.1. The summed E-state index contributed by atoms with van der Waals surface area (Å²) in [6, 6.07) is 7.49. The number of fused-ring (bicyclic) bond motifs is 1. The molecule has 0 unspecified atom stereocenters. The SMILES string of the molecule is CCn1c(-c2n[nH]c3ccccc23)nnc1S(=O)(=O)Cl. The van der Waals surface area contributed by atoms with Crippen molar-refractivity contribution in [2.45, 2.75) is 18.6 Å². The quantitative estimate of drug-likeness (QED) is 0.744. The molecule has 3 rings (SSSR count). The fourth-order valence-electron chi connectivity index (χ4n) is 2.06. The van der Waals surface area contributed by atoms with Crippen LogP contribution in [0.3, 0.4) is 0 Å². The van der Waals surface area contributed by atoms with Gasteiger partial charge in [-0.25, -0.2) is 8.42 Å². The second-order valence-corrected chi connectivity index (χ2v) is 6.57. The first kappa shape index (κ1) is 13.1. The summed E-state index contributed by atoms with van der Waals surface area (Å²) in [5.41, 5.74) is 1.38. The highest BCUT2D eigenvalue weighted by Crippen LogP contribution is 2.26. The van der Waals surface area contributed by atoms with Gasteiger partial charge in [-0.3, -0.25) is 9.67 Å². The molecule has 3 aromatic rings. The van der Waals surface area contributed by atoms with E-state index in [-0.39, 0.29) is 5.16 Å². The first-order valence-corrected chi connectivity index (χ1v) is 8.14. The highest BCUT2D eigenvalue weighted by atomic mass is 35.7. The number of hydrogen-bond acceptors (Lipinski definition) is 5. The van der Waals surface area contributed by atoms with Gasteiger partial charge in [0.1, 0.15) is 5.69 Å². The summed E-state index contributed by atoms with van der Waals surface area (Å²) in [6.45, 7) is 2.15. The van der Waals surface area contributed by atoms with Gasteiger partial charge < -0.3 is 0 Å². The fraction of sp³-hybridized carbons (Fsp3) is 0.182. The Morgan fingerprint density at radius 2 is 2.05 bits per heavy atom. The third-order valence-electron chi connectivity index (χ3n) is 2.93. The number of halogens is 1. The molecule has 104 valence electrons. The number of nitrogens with zero attached hydrogens (tertiary/aromatic N) is 4. The zero-order valence-corrected chi connectivity index (χ0v) is 12.0. The van der Waals surface area contributed by atoms with E-state index in [1.54, 1.807) is 6.92 Å². The summed E-state index contributed by atoms with van der Waals surface area (Å²) in [5, 5.41) is 15.2. The lowest BCUT2D eigenvalue weighted by molar-refractivity contribution is 0.582. The second-order valence-electron chi connectivity index (χ2n) is 4.11. The lowest BCUT2D eigenvalue weighted by atomic mass is 10.2. The predicted molar refractivity (Wildman–Crippen MR) is 73.8 cm³/mol. The molecular formula is C11H10ClN5O2S. The van der Waals surface area contributed by atoms with Crippen LogP contribution < -0.4 is 0 Å². The van der Waals surface area contributed by atoms with Crippen LogP contribution in [0.15, 0.2) is 29.4 Å². The lowest BCUT2D eigenvalue weighted by Crippen LogP contribution is -2.06. The Hall–Kier alpha value is -1.93. The molecule has 0 amide bonds. The highest BCUT2D eigenvalue weighted by molar-refractivity contribution is 8.13. The molecule has 0 radical (unpaired) electrons. The maximum Gasteiger partial charge on any atom is 0.296 e. The van der Waals surface area contributed by atoms with Crippen molar-refractivity contribution in [2.24, 2.45) is 0 Å². The molecule has 1 aromatic carbocycles. The molecule has 0 atom stereocenters. The van der Waals surface area contributed by atoms with Gasteiger partial charge >= 0.3 is 0 Å². The summed E-state index contributed by atoms with van der Waals surface area (Å²) >= 11 is 0. The smallest absolute Gasteiger partial charge is 0.296 e. The van der Waals surface area contributed by atoms with E-state index < -0.39 is 9.05 Å². The van der Waals surface area contributed by atoms with Crippen molar-refractivity contribution in [3.63, 3.8) is 0 Å². The molecule has 0 saturated heterocycles. The van der Waals surface area contributed by atoms with Crippen molar-refractivity contribution in [1.29, 1.82) is 0 Å². The van der Waals surface area contributed by atoms with Crippen molar-refractivity contribution >= 4 is 30.6 Å². The van der Waals surface area contributed by atoms with E-state index in [1.165, 1.54) is 4.57 Å². The second kappa shape index (κ2) is 4.57. The number of benzene rings is 1. The fourth-order valence-corrected chi connectivity index (χ4v) is 3.02. The third kappa shape index (κ3) is 1.97. The number of para-hydroxylation sites is 1. The minimum absolute atomic E-state index is 0.274. The summed E-state index contributed by atoms with van der Waals surface area (Å²) in [6.07, 6.45) is 0. The Bertz CT molecular complexity index is 883. The van der Waals surface area contributed by atoms with Gasteiger partial charge in [0.05, 0.1) is 5.52 Å². The predicted octanol–water partition coefficient (Wildman–Crippen LogP) is 1.77. The summed E-state index contributed by atoms with van der Waals surface area (Å²) in [4.78, 5) is 0. The van der Waals surface area contributed by atoms with Crippen LogP contribution in [-0.4, -0.2) is 33.4 Å². The van der Waals surface area contributed by atoms with E-state index in [9.17, 15) is 8.42 Å². The minimum Gasteiger partial charge on any atom is -0.296 e. The number of rotatable bonds is 3. The molecular weight excluding hydrogens is 302 g/mol. The molecule has 9 heteroatoms. The Kier molecular flexibility index (Phi) is 2.98. The summed E-state index contributed by atoms with van der Waals surface area (Å²) in [7, 11) is 1.41. The molecule has 7 nitrogen and oxygen atoms in total. The standard InChI is InChI=1S/C11H10ClN5O2S/c1-2-17-10(15-16-11(17)20(12,18)19)9-7-5-3-4-6-8(7)13-14-9/h3-6H,2H2,1H3,(H,13,14). The molecule has 0 bridgehead atoms. The van der Waals surface area contributed by atoms with E-state index in [2.05, 4.69) is 20.4 Å². The number of nitrogens with one attached hydrogen (secondary N) is 1. The molecule has 0 saturated carbocycles. The van der Waals surface area contributed by atoms with Gasteiger partial charge in [-0.1, -0.05) is 18.2 Å². The maximum atomic E-state index is 11.5. The zero-order valence-electron chi connectivity index (χ0n) is 10.4. The molecule has 0 aliphatic rings. The maximum absolute atomic E-state index is 11.5. The summed E-state index contributed by atoms with van der Waals surface area (Å²) < 4.78 is 24.4. The molecule has 1 N–H and O–H groups in total. The van der Waals surface area contributed by atoms with Crippen LogP contribution in [0.4, 0.5) is 0 Å². The van der Waals surface area contributed by atoms with Crippen LogP contribution in [0.25, 0.3) is 22.4 Å². The molecule has 2 aromatic heterocycles. The van der Waals surface area contributed by atoms with Crippen LogP contribution in [0, 0.1) is 0 Å². The van der Waals surface area contributed by atoms with Gasteiger partial charge in [0.15, 0.2) is 5.82 Å². The van der Waals surface area contributed by atoms with Crippen LogP contribution in [-0.2, 0) is 15.6 Å². The van der Waals surface area contributed by atoms with Gasteiger partial charge in [0, 0.05) is 22.6 Å². The van der Waals surface area contributed by atoms with Crippen LogP contribution in [0.2, 0.25) is 0 Å². The van der Waals surface area contributed by atoms with Crippen LogP contribution >= 0.6 is 10.7 Å². The Balaban J connectivity index is 2.28. The number of aromatic amines is 1. The molecule has 0 aliphatic carbocycles. The third-order valence-corrected chi connectivity index (χ3v) is 4.09. The minimum atomic E-state index is -3.95. The topological polar surface area (TPSA) is 93.5 Å². The van der Waals surface area contributed by atoms with Crippen molar-refractivity contribution in [3.8, 4) is 11.5 Å². The van der Waals surface area contributed by atoms with Gasteiger partial charge in [-0.15, -0.1) is 10.2 Å². The Morgan fingerprint density at radius 3 is 2.75 bits per heavy atom. The van der Waals surface area contributed by atoms with Crippen molar-refractivity contribution in [2.75, 3.05) is 0 Å². The van der Waals surface area contributed by atoms with Crippen LogP contribution in [0.1, 0.15) is 6.92 Å².